The van der Waals surface area contributed by atoms with Crippen molar-refractivity contribution in [3.05, 3.63) is 29.3 Å². The first-order valence-electron chi connectivity index (χ1n) is 7.77. The highest BCUT2D eigenvalue weighted by Gasteiger charge is 2.29. The molecule has 24 heavy (non-hydrogen) atoms. The Morgan fingerprint density at radius 3 is 3.08 bits per heavy atom. The van der Waals surface area contributed by atoms with Crippen molar-refractivity contribution in [3.63, 3.8) is 0 Å². The number of fused-ring (bicyclic) bond motifs is 1. The summed E-state index contributed by atoms with van der Waals surface area (Å²) in [7, 11) is 0. The summed E-state index contributed by atoms with van der Waals surface area (Å²) in [5.41, 5.74) is 0.970. The minimum atomic E-state index is -0.261. The fourth-order valence-corrected chi connectivity index (χ4v) is 4.12. The molecular weight excluding hydrogens is 344 g/mol. The topological polar surface area (TPSA) is 85.6 Å². The lowest BCUT2D eigenvalue weighted by atomic mass is 10.3. The lowest BCUT2D eigenvalue weighted by Crippen LogP contribution is -2.30. The molecule has 1 N–H and O–H groups in total. The SMILES string of the molecule is CC(Sc1nnnn1C1CC1)C(=O)NCc1nc2ccccc2s1. The Kier molecular flexibility index (Phi) is 4.19. The Balaban J connectivity index is 1.35. The molecule has 4 rings (SSSR count). The number of aromatic nitrogens is 5. The zero-order chi connectivity index (χ0) is 16.5. The van der Waals surface area contributed by atoms with Crippen molar-refractivity contribution >= 4 is 39.2 Å². The number of rotatable bonds is 6. The van der Waals surface area contributed by atoms with Crippen LogP contribution in [-0.2, 0) is 11.3 Å². The Labute approximate surface area is 146 Å². The van der Waals surface area contributed by atoms with Gasteiger partial charge in [0.25, 0.3) is 0 Å². The van der Waals surface area contributed by atoms with Crippen LogP contribution in [0.15, 0.2) is 29.4 Å². The average Bonchev–Trinajstić information content (AvgIpc) is 3.18. The zero-order valence-electron chi connectivity index (χ0n) is 13.0. The van der Waals surface area contributed by atoms with Crippen molar-refractivity contribution in [2.45, 2.75) is 42.8 Å². The van der Waals surface area contributed by atoms with E-state index < -0.39 is 0 Å². The molecular formula is C15H16N6OS2. The van der Waals surface area contributed by atoms with E-state index in [4.69, 9.17) is 0 Å². The van der Waals surface area contributed by atoms with Crippen molar-refractivity contribution in [1.82, 2.24) is 30.5 Å². The van der Waals surface area contributed by atoms with Crippen molar-refractivity contribution in [3.8, 4) is 0 Å². The van der Waals surface area contributed by atoms with Gasteiger partial charge in [-0.2, -0.15) is 0 Å². The van der Waals surface area contributed by atoms with E-state index in [1.54, 1.807) is 11.3 Å². The number of thioether (sulfide) groups is 1. The number of para-hydroxylation sites is 1. The number of benzene rings is 1. The number of hydrogen-bond acceptors (Lipinski definition) is 7. The van der Waals surface area contributed by atoms with Gasteiger partial charge in [-0.05, 0) is 42.3 Å². The Morgan fingerprint density at radius 1 is 1.46 bits per heavy atom. The van der Waals surface area contributed by atoms with Gasteiger partial charge in [-0.15, -0.1) is 16.4 Å². The van der Waals surface area contributed by atoms with Crippen LogP contribution in [0, 0.1) is 0 Å². The lowest BCUT2D eigenvalue weighted by Gasteiger charge is -2.10. The molecule has 1 unspecified atom stereocenters. The fraction of sp³-hybridized carbons (Fsp3) is 0.400. The summed E-state index contributed by atoms with van der Waals surface area (Å²) in [5, 5.41) is 16.0. The van der Waals surface area contributed by atoms with E-state index >= 15 is 0 Å². The lowest BCUT2D eigenvalue weighted by molar-refractivity contribution is -0.120. The summed E-state index contributed by atoms with van der Waals surface area (Å²) < 4.78 is 2.95. The van der Waals surface area contributed by atoms with Crippen LogP contribution in [0.2, 0.25) is 0 Å². The summed E-state index contributed by atoms with van der Waals surface area (Å²) in [6, 6.07) is 8.38. The van der Waals surface area contributed by atoms with E-state index in [0.717, 1.165) is 28.1 Å². The van der Waals surface area contributed by atoms with Crippen LogP contribution < -0.4 is 5.32 Å². The maximum atomic E-state index is 12.3. The van der Waals surface area contributed by atoms with Gasteiger partial charge in [0, 0.05) is 0 Å². The highest BCUT2D eigenvalue weighted by Crippen LogP contribution is 2.37. The summed E-state index contributed by atoms with van der Waals surface area (Å²) >= 11 is 2.99. The van der Waals surface area contributed by atoms with Crippen molar-refractivity contribution in [2.75, 3.05) is 0 Å². The highest BCUT2D eigenvalue weighted by atomic mass is 32.2. The van der Waals surface area contributed by atoms with Crippen LogP contribution in [0.25, 0.3) is 10.2 Å². The second-order valence-corrected chi connectivity index (χ2v) is 8.11. The van der Waals surface area contributed by atoms with Crippen LogP contribution in [0.1, 0.15) is 30.8 Å². The Morgan fingerprint density at radius 2 is 2.29 bits per heavy atom. The molecule has 0 saturated heterocycles. The third kappa shape index (κ3) is 3.27. The number of hydrogen-bond donors (Lipinski definition) is 1. The Hall–Kier alpha value is -2.00. The van der Waals surface area contributed by atoms with Crippen LogP contribution in [0.3, 0.4) is 0 Å². The van der Waals surface area contributed by atoms with Crippen LogP contribution in [0.4, 0.5) is 0 Å². The van der Waals surface area contributed by atoms with Gasteiger partial charge in [-0.1, -0.05) is 23.9 Å². The van der Waals surface area contributed by atoms with Gasteiger partial charge in [0.1, 0.15) is 5.01 Å². The molecule has 2 aromatic heterocycles. The summed E-state index contributed by atoms with van der Waals surface area (Å²) in [5.74, 6) is -0.0374. The number of thiazole rings is 1. The summed E-state index contributed by atoms with van der Waals surface area (Å²) in [4.78, 5) is 16.8. The predicted molar refractivity (Wildman–Crippen MR) is 92.9 cm³/mol. The van der Waals surface area contributed by atoms with Gasteiger partial charge >= 0.3 is 0 Å². The van der Waals surface area contributed by atoms with Crippen LogP contribution >= 0.6 is 23.1 Å². The largest absolute Gasteiger partial charge is 0.349 e. The van der Waals surface area contributed by atoms with E-state index in [-0.39, 0.29) is 11.2 Å². The molecule has 1 saturated carbocycles. The number of nitrogens with zero attached hydrogens (tertiary/aromatic N) is 5. The van der Waals surface area contributed by atoms with E-state index in [1.807, 2.05) is 35.9 Å². The zero-order valence-corrected chi connectivity index (χ0v) is 14.7. The highest BCUT2D eigenvalue weighted by molar-refractivity contribution is 8.00. The van der Waals surface area contributed by atoms with Gasteiger partial charge in [0.2, 0.25) is 11.1 Å². The van der Waals surface area contributed by atoms with E-state index in [0.29, 0.717) is 17.7 Å². The van der Waals surface area contributed by atoms with E-state index in [2.05, 4.69) is 25.8 Å². The molecule has 1 aliphatic rings. The number of amides is 1. The third-order valence-electron chi connectivity index (χ3n) is 3.76. The number of nitrogens with one attached hydrogen (secondary N) is 1. The molecule has 124 valence electrons. The molecule has 9 heteroatoms. The first kappa shape index (κ1) is 15.5. The first-order chi connectivity index (χ1) is 11.7. The minimum absolute atomic E-state index is 0.0374. The molecule has 1 aliphatic carbocycles. The molecule has 2 heterocycles. The predicted octanol–water partition coefficient (Wildman–Crippen LogP) is 2.41. The van der Waals surface area contributed by atoms with Gasteiger partial charge in [0.15, 0.2) is 0 Å². The molecule has 0 spiro atoms. The first-order valence-corrected chi connectivity index (χ1v) is 9.47. The maximum absolute atomic E-state index is 12.3. The van der Waals surface area contributed by atoms with Gasteiger partial charge < -0.3 is 5.32 Å². The summed E-state index contributed by atoms with van der Waals surface area (Å²) in [6.07, 6.45) is 2.22. The minimum Gasteiger partial charge on any atom is -0.349 e. The average molecular weight is 360 g/mol. The molecule has 7 nitrogen and oxygen atoms in total. The van der Waals surface area contributed by atoms with Crippen molar-refractivity contribution in [1.29, 1.82) is 0 Å². The van der Waals surface area contributed by atoms with Gasteiger partial charge in [0.05, 0.1) is 28.1 Å². The second kappa shape index (κ2) is 6.48. The molecule has 1 atom stereocenters. The molecule has 0 bridgehead atoms. The molecule has 1 fully saturated rings. The van der Waals surface area contributed by atoms with Crippen molar-refractivity contribution < 1.29 is 4.79 Å². The van der Waals surface area contributed by atoms with E-state index in [9.17, 15) is 4.79 Å². The Bertz CT molecular complexity index is 839. The standard InChI is InChI=1S/C15H16N6OS2/c1-9(23-15-18-19-20-21(15)10-6-7-10)14(22)16-8-13-17-11-4-2-3-5-12(11)24-13/h2-5,9-10H,6-8H2,1H3,(H,16,22). The number of carbonyl (C=O) groups is 1. The van der Waals surface area contributed by atoms with E-state index in [1.165, 1.54) is 11.8 Å². The molecule has 1 aromatic carbocycles. The number of tetrazole rings is 1. The summed E-state index contributed by atoms with van der Waals surface area (Å²) in [6.45, 7) is 2.31. The van der Waals surface area contributed by atoms with Crippen LogP contribution in [0.5, 0.6) is 0 Å². The quantitative estimate of drug-likeness (QED) is 0.680. The molecule has 0 aliphatic heterocycles. The maximum Gasteiger partial charge on any atom is 0.233 e. The second-order valence-electron chi connectivity index (χ2n) is 5.69. The fourth-order valence-electron chi connectivity index (χ4n) is 2.32. The molecule has 3 aromatic rings. The van der Waals surface area contributed by atoms with Gasteiger partial charge in [-0.25, -0.2) is 9.67 Å². The number of carbonyl (C=O) groups excluding carboxylic acids is 1. The monoisotopic (exact) mass is 360 g/mol. The van der Waals surface area contributed by atoms with Gasteiger partial charge in [-0.3, -0.25) is 4.79 Å². The smallest absolute Gasteiger partial charge is 0.233 e. The van der Waals surface area contributed by atoms with Crippen LogP contribution in [-0.4, -0.2) is 36.3 Å². The molecule has 0 radical (unpaired) electrons. The molecule has 1 amide bonds. The van der Waals surface area contributed by atoms with Crippen molar-refractivity contribution in [2.24, 2.45) is 0 Å². The third-order valence-corrected chi connectivity index (χ3v) is 5.84. The normalized spacial score (nSPS) is 15.5.